The van der Waals surface area contributed by atoms with Crippen LogP contribution in [0.4, 0.5) is 4.39 Å². The molecule has 0 aromatic heterocycles. The summed E-state index contributed by atoms with van der Waals surface area (Å²) in [4.78, 5) is -0.0980. The molecule has 28 heavy (non-hydrogen) atoms. The van der Waals surface area contributed by atoms with Gasteiger partial charge in [-0.1, -0.05) is 23.2 Å². The average molecular weight is 448 g/mol. The van der Waals surface area contributed by atoms with Crippen LogP contribution in [0, 0.1) is 5.82 Å². The second kappa shape index (κ2) is 8.55. The van der Waals surface area contributed by atoms with Crippen LogP contribution in [0.15, 0.2) is 41.3 Å². The molecule has 152 valence electrons. The van der Waals surface area contributed by atoms with Crippen LogP contribution in [0.2, 0.25) is 10.0 Å². The summed E-state index contributed by atoms with van der Waals surface area (Å²) in [7, 11) is -2.33. The van der Waals surface area contributed by atoms with E-state index in [1.165, 1.54) is 6.07 Å². The van der Waals surface area contributed by atoms with Crippen LogP contribution in [0.1, 0.15) is 18.4 Å². The van der Waals surface area contributed by atoms with Crippen molar-refractivity contribution in [2.24, 2.45) is 0 Å². The van der Waals surface area contributed by atoms with Crippen molar-refractivity contribution < 1.29 is 22.3 Å². The van der Waals surface area contributed by atoms with Crippen LogP contribution < -0.4 is 9.46 Å². The molecule has 1 heterocycles. The van der Waals surface area contributed by atoms with E-state index >= 15 is 0 Å². The number of sulfonamides is 1. The summed E-state index contributed by atoms with van der Waals surface area (Å²) in [6.45, 7) is 1.09. The topological polar surface area (TPSA) is 64.6 Å². The van der Waals surface area contributed by atoms with Gasteiger partial charge in [0.2, 0.25) is 10.0 Å². The van der Waals surface area contributed by atoms with E-state index in [1.807, 2.05) is 0 Å². The van der Waals surface area contributed by atoms with Gasteiger partial charge in [-0.05, 0) is 49.2 Å². The van der Waals surface area contributed by atoms with Crippen molar-refractivity contribution in [1.29, 1.82) is 0 Å². The molecule has 0 saturated carbocycles. The molecule has 9 heteroatoms. The zero-order valence-electron chi connectivity index (χ0n) is 15.2. The molecule has 0 aliphatic carbocycles. The van der Waals surface area contributed by atoms with E-state index in [1.54, 1.807) is 25.3 Å². The third kappa shape index (κ3) is 4.44. The van der Waals surface area contributed by atoms with Crippen LogP contribution in [0.5, 0.6) is 5.75 Å². The zero-order valence-corrected chi connectivity index (χ0v) is 17.5. The predicted molar refractivity (Wildman–Crippen MR) is 106 cm³/mol. The van der Waals surface area contributed by atoms with E-state index in [9.17, 15) is 12.8 Å². The quantitative estimate of drug-likeness (QED) is 0.721. The normalized spacial score (nSPS) is 16.7. The highest BCUT2D eigenvalue weighted by Crippen LogP contribution is 2.41. The highest BCUT2D eigenvalue weighted by Gasteiger charge is 2.38. The molecule has 3 rings (SSSR count). The predicted octanol–water partition coefficient (Wildman–Crippen LogP) is 4.17. The lowest BCUT2D eigenvalue weighted by molar-refractivity contribution is 0.0509. The fourth-order valence-electron chi connectivity index (χ4n) is 3.36. The first-order valence-corrected chi connectivity index (χ1v) is 10.9. The molecule has 2 aromatic rings. The average Bonchev–Trinajstić information content (AvgIpc) is 2.69. The Morgan fingerprint density at radius 1 is 1.18 bits per heavy atom. The van der Waals surface area contributed by atoms with Crippen LogP contribution in [-0.2, 0) is 20.2 Å². The molecule has 1 aliphatic heterocycles. The Hall–Kier alpha value is -1.38. The Morgan fingerprint density at radius 3 is 2.54 bits per heavy atom. The first-order chi connectivity index (χ1) is 13.3. The van der Waals surface area contributed by atoms with Crippen molar-refractivity contribution in [1.82, 2.24) is 4.72 Å². The molecule has 0 spiro atoms. The summed E-state index contributed by atoms with van der Waals surface area (Å²) in [6, 6.07) is 8.59. The summed E-state index contributed by atoms with van der Waals surface area (Å²) in [5, 5.41) is 0.287. The molecular formula is C19H20Cl2FNO4S. The molecule has 0 bridgehead atoms. The lowest BCUT2D eigenvalue weighted by Crippen LogP contribution is -2.44. The molecule has 0 unspecified atom stereocenters. The van der Waals surface area contributed by atoms with E-state index in [4.69, 9.17) is 32.7 Å². The minimum atomic E-state index is -3.89. The number of methoxy groups -OCH3 is 1. The number of benzene rings is 2. The molecule has 1 saturated heterocycles. The van der Waals surface area contributed by atoms with E-state index in [-0.39, 0.29) is 16.5 Å². The van der Waals surface area contributed by atoms with Crippen molar-refractivity contribution >= 4 is 33.2 Å². The molecule has 1 N–H and O–H groups in total. The second-order valence-corrected chi connectivity index (χ2v) is 9.25. The number of rotatable bonds is 6. The van der Waals surface area contributed by atoms with Gasteiger partial charge in [-0.3, -0.25) is 0 Å². The molecule has 5 nitrogen and oxygen atoms in total. The highest BCUT2D eigenvalue weighted by molar-refractivity contribution is 7.89. The molecule has 1 fully saturated rings. The van der Waals surface area contributed by atoms with Crippen molar-refractivity contribution in [3.63, 3.8) is 0 Å². The SMILES string of the molecule is COc1ccc(Cl)cc1C1(CNS(=O)(=O)c2ccc(F)c(Cl)c2)CCOCC1. The summed E-state index contributed by atoms with van der Waals surface area (Å²) >= 11 is 11.9. The molecule has 0 atom stereocenters. The Kier molecular flexibility index (Phi) is 6.51. The van der Waals surface area contributed by atoms with E-state index < -0.39 is 21.3 Å². The van der Waals surface area contributed by atoms with Crippen molar-refractivity contribution in [3.05, 3.63) is 57.8 Å². The van der Waals surface area contributed by atoms with Crippen molar-refractivity contribution in [2.75, 3.05) is 26.9 Å². The van der Waals surface area contributed by atoms with Gasteiger partial charge in [0.15, 0.2) is 0 Å². The van der Waals surface area contributed by atoms with Gasteiger partial charge in [-0.15, -0.1) is 0 Å². The molecule has 0 radical (unpaired) electrons. The summed E-state index contributed by atoms with van der Waals surface area (Å²) in [5.74, 6) is -0.0412. The number of hydrogen-bond donors (Lipinski definition) is 1. The number of hydrogen-bond acceptors (Lipinski definition) is 4. The number of nitrogens with one attached hydrogen (secondary N) is 1. The Balaban J connectivity index is 1.93. The zero-order chi connectivity index (χ0) is 20.4. The minimum absolute atomic E-state index is 0.0980. The van der Waals surface area contributed by atoms with Gasteiger partial charge in [-0.2, -0.15) is 0 Å². The lowest BCUT2D eigenvalue weighted by Gasteiger charge is -2.38. The fourth-order valence-corrected chi connectivity index (χ4v) is 4.93. The summed E-state index contributed by atoms with van der Waals surface area (Å²) < 4.78 is 52.5. The van der Waals surface area contributed by atoms with Crippen LogP contribution in [0.3, 0.4) is 0 Å². The third-order valence-corrected chi connectivity index (χ3v) is 6.91. The van der Waals surface area contributed by atoms with E-state index in [2.05, 4.69) is 4.72 Å². The minimum Gasteiger partial charge on any atom is -0.496 e. The Bertz CT molecular complexity index is 962. The Morgan fingerprint density at radius 2 is 1.89 bits per heavy atom. The van der Waals surface area contributed by atoms with Gasteiger partial charge >= 0.3 is 0 Å². The maximum absolute atomic E-state index is 13.4. The second-order valence-electron chi connectivity index (χ2n) is 6.64. The molecule has 2 aromatic carbocycles. The summed E-state index contributed by atoms with van der Waals surface area (Å²) in [5.41, 5.74) is 0.274. The van der Waals surface area contributed by atoms with E-state index in [0.717, 1.165) is 17.7 Å². The lowest BCUT2D eigenvalue weighted by atomic mass is 9.74. The smallest absolute Gasteiger partial charge is 0.240 e. The largest absolute Gasteiger partial charge is 0.496 e. The molecular weight excluding hydrogens is 428 g/mol. The fraction of sp³-hybridized carbons (Fsp3) is 0.368. The highest BCUT2D eigenvalue weighted by atomic mass is 35.5. The van der Waals surface area contributed by atoms with Gasteiger partial charge in [0.05, 0.1) is 17.0 Å². The van der Waals surface area contributed by atoms with Crippen molar-refractivity contribution in [3.8, 4) is 5.75 Å². The van der Waals surface area contributed by atoms with Gasteiger partial charge < -0.3 is 9.47 Å². The third-order valence-electron chi connectivity index (χ3n) is 4.98. The molecule has 1 aliphatic rings. The maximum atomic E-state index is 13.4. The Labute approximate surface area is 173 Å². The monoisotopic (exact) mass is 447 g/mol. The summed E-state index contributed by atoms with van der Waals surface area (Å²) in [6.07, 6.45) is 1.19. The van der Waals surface area contributed by atoms with Crippen LogP contribution >= 0.6 is 23.2 Å². The first-order valence-electron chi connectivity index (χ1n) is 8.64. The standard InChI is InChI=1S/C19H20Cl2FNO4S/c1-26-18-5-2-13(20)10-15(18)19(6-8-27-9-7-19)12-23-28(24,25)14-3-4-17(22)16(21)11-14/h2-5,10-11,23H,6-9,12H2,1H3. The van der Waals surface area contributed by atoms with Gasteiger partial charge in [0, 0.05) is 35.8 Å². The van der Waals surface area contributed by atoms with Crippen molar-refractivity contribution in [2.45, 2.75) is 23.2 Å². The van der Waals surface area contributed by atoms with E-state index in [0.29, 0.717) is 36.8 Å². The van der Waals surface area contributed by atoms with Gasteiger partial charge in [-0.25, -0.2) is 17.5 Å². The molecule has 0 amide bonds. The van der Waals surface area contributed by atoms with Crippen LogP contribution in [0.25, 0.3) is 0 Å². The number of halogens is 3. The van der Waals surface area contributed by atoms with Gasteiger partial charge in [0.25, 0.3) is 0 Å². The number of ether oxygens (including phenoxy) is 2. The maximum Gasteiger partial charge on any atom is 0.240 e. The first kappa shape index (κ1) is 21.3. The van der Waals surface area contributed by atoms with Crippen LogP contribution in [-0.4, -0.2) is 35.3 Å². The van der Waals surface area contributed by atoms with Gasteiger partial charge in [0.1, 0.15) is 11.6 Å².